The molecule has 0 amide bonds. The van der Waals surface area contributed by atoms with Gasteiger partial charge in [-0.15, -0.1) is 12.3 Å². The van der Waals surface area contributed by atoms with E-state index in [4.69, 9.17) is 6.42 Å². The Hall–Kier alpha value is -2.13. The number of hydrogen-bond acceptors (Lipinski definition) is 5. The van der Waals surface area contributed by atoms with Crippen LogP contribution in [0.3, 0.4) is 0 Å². The van der Waals surface area contributed by atoms with E-state index < -0.39 is 4.92 Å². The predicted molar refractivity (Wildman–Crippen MR) is 77.7 cm³/mol. The van der Waals surface area contributed by atoms with Crippen LogP contribution in [0, 0.1) is 29.4 Å². The van der Waals surface area contributed by atoms with E-state index in [-0.39, 0.29) is 5.69 Å². The molecule has 1 aliphatic heterocycles. The van der Waals surface area contributed by atoms with Gasteiger partial charge in [0.15, 0.2) is 0 Å². The molecule has 1 aromatic heterocycles. The van der Waals surface area contributed by atoms with E-state index in [1.165, 1.54) is 6.20 Å². The Labute approximate surface area is 118 Å². The molecule has 0 N–H and O–H groups in total. The van der Waals surface area contributed by atoms with E-state index in [0.717, 1.165) is 45.0 Å². The molecule has 2 heterocycles. The number of anilines is 1. The average Bonchev–Trinajstić information content (AvgIpc) is 2.45. The summed E-state index contributed by atoms with van der Waals surface area (Å²) in [6, 6.07) is 1.79. The van der Waals surface area contributed by atoms with Crippen LogP contribution in [0.15, 0.2) is 12.3 Å². The molecule has 0 bridgehead atoms. The molecule has 20 heavy (non-hydrogen) atoms. The molecule has 6 heteroatoms. The molecular weight excluding hydrogens is 256 g/mol. The van der Waals surface area contributed by atoms with E-state index in [9.17, 15) is 10.1 Å². The first-order chi connectivity index (χ1) is 9.61. The summed E-state index contributed by atoms with van der Waals surface area (Å²) in [6.45, 7) is 6.30. The molecule has 0 unspecified atom stereocenters. The van der Waals surface area contributed by atoms with E-state index in [1.54, 1.807) is 13.0 Å². The number of nitro groups is 1. The van der Waals surface area contributed by atoms with E-state index in [2.05, 4.69) is 20.7 Å². The highest BCUT2D eigenvalue weighted by Crippen LogP contribution is 2.22. The van der Waals surface area contributed by atoms with Gasteiger partial charge in [0.05, 0.1) is 4.92 Å². The topological polar surface area (TPSA) is 62.5 Å². The normalized spacial score (nSPS) is 15.9. The lowest BCUT2D eigenvalue weighted by atomic mass is 10.2. The Morgan fingerprint density at radius 2 is 2.15 bits per heavy atom. The van der Waals surface area contributed by atoms with Crippen molar-refractivity contribution in [2.75, 3.05) is 37.6 Å². The maximum atomic E-state index is 10.8. The van der Waals surface area contributed by atoms with Gasteiger partial charge < -0.3 is 4.90 Å². The molecule has 2 rings (SSSR count). The molecule has 1 saturated heterocycles. The molecule has 1 aliphatic rings. The largest absolute Gasteiger partial charge is 0.354 e. The molecule has 1 aromatic rings. The number of hydrogen-bond donors (Lipinski definition) is 0. The number of terminal acetylenes is 1. The van der Waals surface area contributed by atoms with Gasteiger partial charge in [-0.25, -0.2) is 4.98 Å². The fourth-order valence-corrected chi connectivity index (χ4v) is 2.32. The van der Waals surface area contributed by atoms with Crippen molar-refractivity contribution in [1.82, 2.24) is 9.88 Å². The minimum absolute atomic E-state index is 0.0707. The average molecular weight is 274 g/mol. The second-order valence-corrected chi connectivity index (χ2v) is 4.87. The number of nitrogens with zero attached hydrogens (tertiary/aromatic N) is 4. The quantitative estimate of drug-likeness (QED) is 0.472. The van der Waals surface area contributed by atoms with Crippen molar-refractivity contribution in [3.63, 3.8) is 0 Å². The summed E-state index contributed by atoms with van der Waals surface area (Å²) >= 11 is 0. The standard InChI is InChI=1S/C14H18N4O2/c1-3-4-5-16-6-8-17(9-7-16)14-10-12(2)13(11-15-14)18(19)20/h1,10-11H,4-9H2,2H3. The lowest BCUT2D eigenvalue weighted by Crippen LogP contribution is -2.46. The van der Waals surface area contributed by atoms with Crippen molar-refractivity contribution in [3.8, 4) is 12.3 Å². The van der Waals surface area contributed by atoms with Crippen LogP contribution in [-0.2, 0) is 0 Å². The smallest absolute Gasteiger partial charge is 0.290 e. The van der Waals surface area contributed by atoms with Crippen LogP contribution < -0.4 is 4.90 Å². The molecule has 6 nitrogen and oxygen atoms in total. The zero-order valence-corrected chi connectivity index (χ0v) is 11.6. The highest BCUT2D eigenvalue weighted by atomic mass is 16.6. The molecule has 0 aromatic carbocycles. The Bertz CT molecular complexity index is 530. The third kappa shape index (κ3) is 3.25. The van der Waals surface area contributed by atoms with Crippen molar-refractivity contribution in [1.29, 1.82) is 0 Å². The van der Waals surface area contributed by atoms with Crippen LogP contribution in [0.25, 0.3) is 0 Å². The third-order valence-electron chi connectivity index (χ3n) is 3.53. The van der Waals surface area contributed by atoms with Gasteiger partial charge in [0.25, 0.3) is 5.69 Å². The Balaban J connectivity index is 1.99. The van der Waals surface area contributed by atoms with Gasteiger partial charge >= 0.3 is 0 Å². The second-order valence-electron chi connectivity index (χ2n) is 4.87. The number of piperazine rings is 1. The maximum Gasteiger partial charge on any atom is 0.290 e. The van der Waals surface area contributed by atoms with E-state index >= 15 is 0 Å². The van der Waals surface area contributed by atoms with Crippen LogP contribution >= 0.6 is 0 Å². The van der Waals surface area contributed by atoms with Gasteiger partial charge in [0.1, 0.15) is 12.0 Å². The number of aromatic nitrogens is 1. The molecule has 0 saturated carbocycles. The van der Waals surface area contributed by atoms with E-state index in [1.807, 2.05) is 0 Å². The maximum absolute atomic E-state index is 10.8. The molecule has 0 aliphatic carbocycles. The fraction of sp³-hybridized carbons (Fsp3) is 0.500. The van der Waals surface area contributed by atoms with Gasteiger partial charge in [0, 0.05) is 44.7 Å². The molecule has 0 radical (unpaired) electrons. The fourth-order valence-electron chi connectivity index (χ4n) is 2.32. The Morgan fingerprint density at radius 3 is 2.70 bits per heavy atom. The van der Waals surface area contributed by atoms with Crippen molar-refractivity contribution in [2.24, 2.45) is 0 Å². The summed E-state index contributed by atoms with van der Waals surface area (Å²) in [5.41, 5.74) is 0.719. The molecule has 0 spiro atoms. The minimum atomic E-state index is -0.399. The van der Waals surface area contributed by atoms with E-state index in [0.29, 0.717) is 5.56 Å². The highest BCUT2D eigenvalue weighted by Gasteiger charge is 2.19. The van der Waals surface area contributed by atoms with Crippen LogP contribution in [-0.4, -0.2) is 47.5 Å². The van der Waals surface area contributed by atoms with Crippen molar-refractivity contribution >= 4 is 11.5 Å². The summed E-state index contributed by atoms with van der Waals surface area (Å²) < 4.78 is 0. The van der Waals surface area contributed by atoms with Gasteiger partial charge in [-0.1, -0.05) is 0 Å². The molecule has 0 atom stereocenters. The SMILES string of the molecule is C#CCCN1CCN(c2cc(C)c([N+](=O)[O-])cn2)CC1. The molecule has 106 valence electrons. The first kappa shape index (κ1) is 14.3. The molecular formula is C14H18N4O2. The van der Waals surface area contributed by atoms with Gasteiger partial charge in [-0.05, 0) is 13.0 Å². The highest BCUT2D eigenvalue weighted by molar-refractivity contribution is 5.48. The summed E-state index contributed by atoms with van der Waals surface area (Å²) in [7, 11) is 0. The first-order valence-electron chi connectivity index (χ1n) is 6.63. The predicted octanol–water partition coefficient (Wildman–Crippen LogP) is 1.44. The van der Waals surface area contributed by atoms with Gasteiger partial charge in [-0.3, -0.25) is 15.0 Å². The summed E-state index contributed by atoms with van der Waals surface area (Å²) in [4.78, 5) is 19.1. The van der Waals surface area contributed by atoms with Gasteiger partial charge in [-0.2, -0.15) is 0 Å². The second kappa shape index (κ2) is 6.35. The van der Waals surface area contributed by atoms with Crippen molar-refractivity contribution < 1.29 is 4.92 Å². The summed E-state index contributed by atoms with van der Waals surface area (Å²) in [5, 5.41) is 10.8. The minimum Gasteiger partial charge on any atom is -0.354 e. The van der Waals surface area contributed by atoms with Crippen molar-refractivity contribution in [2.45, 2.75) is 13.3 Å². The van der Waals surface area contributed by atoms with Crippen LogP contribution in [0.1, 0.15) is 12.0 Å². The van der Waals surface area contributed by atoms with Crippen LogP contribution in [0.2, 0.25) is 0 Å². The third-order valence-corrected chi connectivity index (χ3v) is 3.53. The van der Waals surface area contributed by atoms with Gasteiger partial charge in [0.2, 0.25) is 0 Å². The van der Waals surface area contributed by atoms with Crippen molar-refractivity contribution in [3.05, 3.63) is 27.9 Å². The summed E-state index contributed by atoms with van der Waals surface area (Å²) in [5.74, 6) is 3.46. The number of rotatable bonds is 4. The Kier molecular flexibility index (Phi) is 4.53. The number of aryl methyl sites for hydroxylation is 1. The summed E-state index contributed by atoms with van der Waals surface area (Å²) in [6.07, 6.45) is 7.38. The molecule has 1 fully saturated rings. The Morgan fingerprint density at radius 1 is 1.45 bits per heavy atom. The van der Waals surface area contributed by atoms with Crippen LogP contribution in [0.4, 0.5) is 11.5 Å². The lowest BCUT2D eigenvalue weighted by Gasteiger charge is -2.35. The lowest BCUT2D eigenvalue weighted by molar-refractivity contribution is -0.385. The monoisotopic (exact) mass is 274 g/mol. The van der Waals surface area contributed by atoms with Crippen LogP contribution in [0.5, 0.6) is 0 Å². The zero-order valence-electron chi connectivity index (χ0n) is 11.6. The zero-order chi connectivity index (χ0) is 14.5. The first-order valence-corrected chi connectivity index (χ1v) is 6.63. The number of pyridine rings is 1.